The zero-order chi connectivity index (χ0) is 11.7. The maximum atomic E-state index is 11.1. The summed E-state index contributed by atoms with van der Waals surface area (Å²) in [5, 5.41) is 15.2. The molecule has 1 aliphatic carbocycles. The Bertz CT molecular complexity index is 387. The number of nitrogens with zero attached hydrogens (tertiary/aromatic N) is 1. The molecule has 1 heterocycles. The Morgan fingerprint density at radius 2 is 2.38 bits per heavy atom. The van der Waals surface area contributed by atoms with E-state index < -0.39 is 12.0 Å². The summed E-state index contributed by atoms with van der Waals surface area (Å²) in [4.78, 5) is 15.4. The Hall–Kier alpha value is -0.940. The van der Waals surface area contributed by atoms with Crippen molar-refractivity contribution < 1.29 is 9.90 Å². The van der Waals surface area contributed by atoms with Gasteiger partial charge in [-0.25, -0.2) is 4.98 Å². The minimum atomic E-state index is -0.748. The summed E-state index contributed by atoms with van der Waals surface area (Å²) >= 11 is 1.58. The monoisotopic (exact) mass is 240 g/mol. The molecule has 2 atom stereocenters. The molecule has 0 saturated heterocycles. The van der Waals surface area contributed by atoms with Crippen LogP contribution in [0.5, 0.6) is 0 Å². The van der Waals surface area contributed by atoms with Gasteiger partial charge in [-0.2, -0.15) is 0 Å². The molecule has 16 heavy (non-hydrogen) atoms. The van der Waals surface area contributed by atoms with Gasteiger partial charge in [0.1, 0.15) is 11.0 Å². The van der Waals surface area contributed by atoms with E-state index in [4.69, 9.17) is 5.11 Å². The van der Waals surface area contributed by atoms with Crippen molar-refractivity contribution in [1.29, 1.82) is 0 Å². The van der Waals surface area contributed by atoms with E-state index in [1.54, 1.807) is 11.3 Å². The maximum absolute atomic E-state index is 11.1. The van der Waals surface area contributed by atoms with E-state index in [0.717, 1.165) is 23.5 Å². The third-order valence-electron chi connectivity index (χ3n) is 2.80. The molecular formula is C11H16N2O2S. The first-order valence-electron chi connectivity index (χ1n) is 5.49. The molecule has 0 aromatic carbocycles. The van der Waals surface area contributed by atoms with E-state index in [0.29, 0.717) is 5.92 Å². The molecule has 1 aliphatic rings. The van der Waals surface area contributed by atoms with Crippen molar-refractivity contribution in [2.24, 2.45) is 5.92 Å². The predicted molar refractivity (Wildman–Crippen MR) is 62.5 cm³/mol. The molecule has 1 saturated carbocycles. The molecule has 0 radical (unpaired) electrons. The number of hydrogen-bond acceptors (Lipinski definition) is 4. The summed E-state index contributed by atoms with van der Waals surface area (Å²) in [6, 6.07) is -0.403. The van der Waals surface area contributed by atoms with E-state index in [2.05, 4.69) is 10.3 Å². The van der Waals surface area contributed by atoms with E-state index in [-0.39, 0.29) is 6.04 Å². The average Bonchev–Trinajstić information content (AvgIpc) is 2.96. The Kier molecular flexibility index (Phi) is 3.25. The lowest BCUT2D eigenvalue weighted by Gasteiger charge is -2.18. The van der Waals surface area contributed by atoms with Gasteiger partial charge in [-0.15, -0.1) is 11.3 Å². The molecule has 4 nitrogen and oxygen atoms in total. The topological polar surface area (TPSA) is 62.2 Å². The third kappa shape index (κ3) is 2.59. The van der Waals surface area contributed by atoms with Crippen molar-refractivity contribution in [3.8, 4) is 0 Å². The van der Waals surface area contributed by atoms with Crippen molar-refractivity contribution >= 4 is 17.3 Å². The number of hydrogen-bond donors (Lipinski definition) is 2. The molecule has 2 unspecified atom stereocenters. The van der Waals surface area contributed by atoms with Gasteiger partial charge in [0.05, 0.1) is 6.04 Å². The smallest absolute Gasteiger partial charge is 0.321 e. The van der Waals surface area contributed by atoms with Gasteiger partial charge in [-0.05, 0) is 32.6 Å². The van der Waals surface area contributed by atoms with Crippen LogP contribution in [-0.2, 0) is 4.79 Å². The number of aromatic nitrogens is 1. The number of aryl methyl sites for hydroxylation is 1. The van der Waals surface area contributed by atoms with Crippen LogP contribution in [0.2, 0.25) is 0 Å². The minimum Gasteiger partial charge on any atom is -0.480 e. The van der Waals surface area contributed by atoms with E-state index >= 15 is 0 Å². The van der Waals surface area contributed by atoms with Gasteiger partial charge in [0.2, 0.25) is 0 Å². The zero-order valence-corrected chi connectivity index (χ0v) is 10.3. The van der Waals surface area contributed by atoms with Crippen molar-refractivity contribution in [3.05, 3.63) is 16.1 Å². The number of rotatable bonds is 5. The first-order chi connectivity index (χ1) is 7.58. The maximum Gasteiger partial charge on any atom is 0.321 e. The van der Waals surface area contributed by atoms with E-state index in [1.807, 2.05) is 19.2 Å². The average molecular weight is 240 g/mol. The number of carboxylic acid groups (broad SMARTS) is 1. The fourth-order valence-corrected chi connectivity index (χ4v) is 2.56. The highest BCUT2D eigenvalue weighted by molar-refractivity contribution is 7.09. The fourth-order valence-electron chi connectivity index (χ4n) is 1.75. The summed E-state index contributed by atoms with van der Waals surface area (Å²) in [5.74, 6) is -0.441. The highest BCUT2D eigenvalue weighted by atomic mass is 32.1. The Morgan fingerprint density at radius 1 is 1.69 bits per heavy atom. The molecular weight excluding hydrogens is 224 g/mol. The lowest BCUT2D eigenvalue weighted by molar-refractivity contribution is -0.140. The minimum absolute atomic E-state index is 0.0143. The Labute approximate surface area is 98.7 Å². The van der Waals surface area contributed by atoms with Crippen molar-refractivity contribution in [3.63, 3.8) is 0 Å². The van der Waals surface area contributed by atoms with Gasteiger partial charge < -0.3 is 5.11 Å². The number of thiazole rings is 1. The van der Waals surface area contributed by atoms with Gasteiger partial charge in [0, 0.05) is 11.1 Å². The van der Waals surface area contributed by atoms with E-state index in [1.165, 1.54) is 0 Å². The van der Waals surface area contributed by atoms with Crippen LogP contribution in [0.25, 0.3) is 0 Å². The van der Waals surface area contributed by atoms with Gasteiger partial charge in [-0.3, -0.25) is 10.1 Å². The van der Waals surface area contributed by atoms with Gasteiger partial charge in [0.15, 0.2) is 0 Å². The second kappa shape index (κ2) is 4.51. The summed E-state index contributed by atoms with van der Waals surface area (Å²) in [6.45, 7) is 3.92. The molecule has 0 bridgehead atoms. The van der Waals surface area contributed by atoms with Crippen LogP contribution in [0.3, 0.4) is 0 Å². The first kappa shape index (κ1) is 11.5. The van der Waals surface area contributed by atoms with E-state index in [9.17, 15) is 4.79 Å². The molecule has 0 spiro atoms. The molecule has 5 heteroatoms. The summed E-state index contributed by atoms with van der Waals surface area (Å²) in [5.41, 5.74) is 0.993. The quantitative estimate of drug-likeness (QED) is 0.826. The Morgan fingerprint density at radius 3 is 2.81 bits per heavy atom. The van der Waals surface area contributed by atoms with Crippen LogP contribution in [0.1, 0.15) is 36.5 Å². The third-order valence-corrected chi connectivity index (χ3v) is 3.94. The molecule has 1 aromatic rings. The lowest BCUT2D eigenvalue weighted by Crippen LogP contribution is -2.39. The van der Waals surface area contributed by atoms with Crippen molar-refractivity contribution in [1.82, 2.24) is 10.3 Å². The number of carboxylic acids is 1. The fraction of sp³-hybridized carbons (Fsp3) is 0.636. The molecule has 88 valence electrons. The van der Waals surface area contributed by atoms with Crippen LogP contribution in [0.4, 0.5) is 0 Å². The normalized spacial score (nSPS) is 19.4. The van der Waals surface area contributed by atoms with Crippen LogP contribution in [-0.4, -0.2) is 22.1 Å². The summed E-state index contributed by atoms with van der Waals surface area (Å²) in [6.07, 6.45) is 2.04. The molecule has 1 aromatic heterocycles. The summed E-state index contributed by atoms with van der Waals surface area (Å²) in [7, 11) is 0. The molecule has 0 amide bonds. The van der Waals surface area contributed by atoms with Crippen LogP contribution in [0.15, 0.2) is 5.38 Å². The van der Waals surface area contributed by atoms with Gasteiger partial charge >= 0.3 is 5.97 Å². The number of aliphatic carboxylic acids is 1. The molecule has 0 aliphatic heterocycles. The van der Waals surface area contributed by atoms with Crippen LogP contribution >= 0.6 is 11.3 Å². The largest absolute Gasteiger partial charge is 0.480 e. The second-order valence-electron chi connectivity index (χ2n) is 4.37. The SMILES string of the molecule is Cc1csc(C(C)NC(C(=O)O)C2CC2)n1. The van der Waals surface area contributed by atoms with Crippen molar-refractivity contribution in [2.45, 2.75) is 38.8 Å². The van der Waals surface area contributed by atoms with Crippen LogP contribution in [0, 0.1) is 12.8 Å². The molecule has 2 N–H and O–H groups in total. The predicted octanol–water partition coefficient (Wildman–Crippen LogP) is 1.97. The molecule has 1 fully saturated rings. The Balaban J connectivity index is 1.99. The van der Waals surface area contributed by atoms with Crippen LogP contribution < -0.4 is 5.32 Å². The summed E-state index contributed by atoms with van der Waals surface area (Å²) < 4.78 is 0. The zero-order valence-electron chi connectivity index (χ0n) is 9.43. The highest BCUT2D eigenvalue weighted by Gasteiger charge is 2.37. The standard InChI is InChI=1S/C11H16N2O2S/c1-6-5-16-10(12-6)7(2)13-9(11(14)15)8-3-4-8/h5,7-9,13H,3-4H2,1-2H3,(H,14,15). The lowest BCUT2D eigenvalue weighted by atomic mass is 10.1. The molecule has 2 rings (SSSR count). The number of carbonyl (C=O) groups is 1. The van der Waals surface area contributed by atoms with Gasteiger partial charge in [-0.1, -0.05) is 0 Å². The van der Waals surface area contributed by atoms with Gasteiger partial charge in [0.25, 0.3) is 0 Å². The van der Waals surface area contributed by atoms with Crippen molar-refractivity contribution in [2.75, 3.05) is 0 Å². The highest BCUT2D eigenvalue weighted by Crippen LogP contribution is 2.34. The first-order valence-corrected chi connectivity index (χ1v) is 6.36. The number of nitrogens with one attached hydrogen (secondary N) is 1. The second-order valence-corrected chi connectivity index (χ2v) is 5.26.